The van der Waals surface area contributed by atoms with Gasteiger partial charge in [-0.2, -0.15) is 0 Å². The second-order valence-corrected chi connectivity index (χ2v) is 7.28. The first-order valence-corrected chi connectivity index (χ1v) is 9.09. The van der Waals surface area contributed by atoms with Gasteiger partial charge in [-0.05, 0) is 24.5 Å². The Morgan fingerprint density at radius 3 is 2.74 bits per heavy atom. The van der Waals surface area contributed by atoms with Crippen molar-refractivity contribution in [2.45, 2.75) is 16.3 Å². The summed E-state index contributed by atoms with van der Waals surface area (Å²) in [5, 5.41) is 1.60. The van der Waals surface area contributed by atoms with E-state index >= 15 is 0 Å². The Hall–Kier alpha value is -1.02. The second kappa shape index (κ2) is 5.96. The number of hydrogen-bond acceptors (Lipinski definition) is 5. The molecule has 4 nitrogen and oxygen atoms in total. The van der Waals surface area contributed by atoms with Crippen molar-refractivity contribution >= 4 is 38.8 Å². The SMILES string of the molecule is CSc1ccccc1NS(=O)(=O)c1csc(CN)c1. The van der Waals surface area contributed by atoms with E-state index < -0.39 is 10.0 Å². The van der Waals surface area contributed by atoms with Crippen LogP contribution in [0, 0.1) is 0 Å². The number of thioether (sulfide) groups is 1. The summed E-state index contributed by atoms with van der Waals surface area (Å²) in [5.74, 6) is 0. The van der Waals surface area contributed by atoms with Crippen molar-refractivity contribution in [3.05, 3.63) is 40.6 Å². The molecule has 0 spiro atoms. The van der Waals surface area contributed by atoms with Crippen molar-refractivity contribution in [2.24, 2.45) is 5.73 Å². The maximum atomic E-state index is 12.2. The maximum Gasteiger partial charge on any atom is 0.262 e. The number of anilines is 1. The molecule has 19 heavy (non-hydrogen) atoms. The van der Waals surface area contributed by atoms with Crippen LogP contribution < -0.4 is 10.5 Å². The fourth-order valence-corrected chi connectivity index (χ4v) is 4.39. The third-order valence-corrected chi connectivity index (χ3v) is 5.74. The van der Waals surface area contributed by atoms with Crippen LogP contribution in [0.4, 0.5) is 5.69 Å². The second-order valence-electron chi connectivity index (χ2n) is 3.76. The summed E-state index contributed by atoms with van der Waals surface area (Å²) in [6.45, 7) is 0.349. The van der Waals surface area contributed by atoms with Gasteiger partial charge >= 0.3 is 0 Å². The molecule has 0 saturated heterocycles. The fourth-order valence-electron chi connectivity index (χ4n) is 1.54. The summed E-state index contributed by atoms with van der Waals surface area (Å²) in [4.78, 5) is 1.99. The molecule has 1 aromatic heterocycles. The van der Waals surface area contributed by atoms with Crippen molar-refractivity contribution in [3.63, 3.8) is 0 Å². The molecule has 0 atom stereocenters. The Morgan fingerprint density at radius 2 is 2.11 bits per heavy atom. The summed E-state index contributed by atoms with van der Waals surface area (Å²) < 4.78 is 27.1. The Morgan fingerprint density at radius 1 is 1.37 bits per heavy atom. The van der Waals surface area contributed by atoms with E-state index in [1.807, 2.05) is 18.4 Å². The molecule has 7 heteroatoms. The molecule has 0 amide bonds. The Balaban J connectivity index is 2.31. The fraction of sp³-hybridized carbons (Fsp3) is 0.167. The quantitative estimate of drug-likeness (QED) is 0.832. The summed E-state index contributed by atoms with van der Waals surface area (Å²) in [7, 11) is -3.54. The van der Waals surface area contributed by atoms with E-state index in [2.05, 4.69) is 4.72 Å². The zero-order chi connectivity index (χ0) is 13.9. The third-order valence-electron chi connectivity index (χ3n) is 2.49. The summed E-state index contributed by atoms with van der Waals surface area (Å²) in [6.07, 6.45) is 1.91. The van der Waals surface area contributed by atoms with Crippen LogP contribution in [0.2, 0.25) is 0 Å². The Labute approximate surface area is 121 Å². The smallest absolute Gasteiger partial charge is 0.262 e. The van der Waals surface area contributed by atoms with Crippen molar-refractivity contribution < 1.29 is 8.42 Å². The number of thiophene rings is 1. The number of benzene rings is 1. The van der Waals surface area contributed by atoms with Gasteiger partial charge in [-0.3, -0.25) is 4.72 Å². The number of sulfonamides is 1. The molecular weight excluding hydrogens is 300 g/mol. The van der Waals surface area contributed by atoms with E-state index in [9.17, 15) is 8.42 Å². The van der Waals surface area contributed by atoms with Gasteiger partial charge in [0.2, 0.25) is 0 Å². The van der Waals surface area contributed by atoms with Crippen molar-refractivity contribution in [1.82, 2.24) is 0 Å². The molecule has 2 rings (SSSR count). The Bertz CT molecular complexity index is 665. The first-order chi connectivity index (χ1) is 9.06. The van der Waals surface area contributed by atoms with Crippen LogP contribution in [0.3, 0.4) is 0 Å². The normalized spacial score (nSPS) is 11.5. The van der Waals surface area contributed by atoms with E-state index in [0.717, 1.165) is 9.77 Å². The van der Waals surface area contributed by atoms with Gasteiger partial charge in [0.1, 0.15) is 0 Å². The topological polar surface area (TPSA) is 72.2 Å². The highest BCUT2D eigenvalue weighted by molar-refractivity contribution is 7.99. The molecule has 0 fully saturated rings. The first-order valence-electron chi connectivity index (χ1n) is 5.50. The van der Waals surface area contributed by atoms with Crippen LogP contribution in [0.5, 0.6) is 0 Å². The van der Waals surface area contributed by atoms with E-state index in [4.69, 9.17) is 5.73 Å². The molecule has 102 valence electrons. The first kappa shape index (κ1) is 14.4. The van der Waals surface area contributed by atoms with Gasteiger partial charge in [-0.15, -0.1) is 23.1 Å². The van der Waals surface area contributed by atoms with Gasteiger partial charge in [-0.1, -0.05) is 12.1 Å². The van der Waals surface area contributed by atoms with E-state index in [1.165, 1.54) is 23.1 Å². The highest BCUT2D eigenvalue weighted by Gasteiger charge is 2.17. The lowest BCUT2D eigenvalue weighted by Gasteiger charge is -2.09. The van der Waals surface area contributed by atoms with Crippen molar-refractivity contribution in [1.29, 1.82) is 0 Å². The van der Waals surface area contributed by atoms with Gasteiger partial charge in [-0.25, -0.2) is 8.42 Å². The molecule has 0 radical (unpaired) electrons. The van der Waals surface area contributed by atoms with Gasteiger partial charge in [0.15, 0.2) is 0 Å². The minimum absolute atomic E-state index is 0.258. The lowest BCUT2D eigenvalue weighted by Crippen LogP contribution is -2.12. The molecular formula is C12H14N2O2S3. The number of nitrogens with one attached hydrogen (secondary N) is 1. The average molecular weight is 314 g/mol. The number of para-hydroxylation sites is 1. The zero-order valence-electron chi connectivity index (χ0n) is 10.3. The van der Waals surface area contributed by atoms with Crippen LogP contribution in [-0.4, -0.2) is 14.7 Å². The summed E-state index contributed by atoms with van der Waals surface area (Å²) in [6, 6.07) is 8.91. The number of hydrogen-bond donors (Lipinski definition) is 2. The van der Waals surface area contributed by atoms with Crippen LogP contribution in [0.1, 0.15) is 4.88 Å². The largest absolute Gasteiger partial charge is 0.326 e. The average Bonchev–Trinajstić information content (AvgIpc) is 2.88. The lowest BCUT2D eigenvalue weighted by atomic mass is 10.3. The van der Waals surface area contributed by atoms with Crippen LogP contribution in [-0.2, 0) is 16.6 Å². The molecule has 3 N–H and O–H groups in total. The van der Waals surface area contributed by atoms with E-state index in [1.54, 1.807) is 23.6 Å². The van der Waals surface area contributed by atoms with Crippen LogP contribution >= 0.6 is 23.1 Å². The van der Waals surface area contributed by atoms with E-state index in [-0.39, 0.29) is 4.90 Å². The zero-order valence-corrected chi connectivity index (χ0v) is 12.7. The van der Waals surface area contributed by atoms with E-state index in [0.29, 0.717) is 12.2 Å². The van der Waals surface area contributed by atoms with Gasteiger partial charge in [0.05, 0.1) is 10.6 Å². The van der Waals surface area contributed by atoms with Crippen molar-refractivity contribution in [2.75, 3.05) is 11.0 Å². The molecule has 1 aromatic carbocycles. The molecule has 2 aromatic rings. The summed E-state index contributed by atoms with van der Waals surface area (Å²) in [5.41, 5.74) is 6.09. The minimum Gasteiger partial charge on any atom is -0.326 e. The summed E-state index contributed by atoms with van der Waals surface area (Å²) >= 11 is 2.84. The standard InChI is InChI=1S/C12H14N2O2S3/c1-17-12-5-3-2-4-11(12)14-19(15,16)10-6-9(7-13)18-8-10/h2-6,8,14H,7,13H2,1H3. The molecule has 0 saturated carbocycles. The highest BCUT2D eigenvalue weighted by atomic mass is 32.2. The number of nitrogens with two attached hydrogens (primary N) is 1. The highest BCUT2D eigenvalue weighted by Crippen LogP contribution is 2.28. The molecule has 0 unspecified atom stereocenters. The number of rotatable bonds is 5. The third kappa shape index (κ3) is 3.30. The van der Waals surface area contributed by atoms with Crippen LogP contribution in [0.15, 0.2) is 45.5 Å². The monoisotopic (exact) mass is 314 g/mol. The van der Waals surface area contributed by atoms with Gasteiger partial charge < -0.3 is 5.73 Å². The minimum atomic E-state index is -3.54. The van der Waals surface area contributed by atoms with Crippen molar-refractivity contribution in [3.8, 4) is 0 Å². The van der Waals surface area contributed by atoms with Gasteiger partial charge in [0, 0.05) is 21.7 Å². The molecule has 0 aliphatic carbocycles. The molecule has 0 bridgehead atoms. The molecule has 0 aliphatic rings. The maximum absolute atomic E-state index is 12.2. The predicted octanol–water partition coefficient (Wildman–Crippen LogP) is 2.73. The Kier molecular flexibility index (Phi) is 4.51. The lowest BCUT2D eigenvalue weighted by molar-refractivity contribution is 0.601. The predicted molar refractivity (Wildman–Crippen MR) is 81.2 cm³/mol. The van der Waals surface area contributed by atoms with Crippen LogP contribution in [0.25, 0.3) is 0 Å². The molecule has 1 heterocycles. The van der Waals surface area contributed by atoms with Gasteiger partial charge in [0.25, 0.3) is 10.0 Å². The molecule has 0 aliphatic heterocycles.